The summed E-state index contributed by atoms with van der Waals surface area (Å²) in [6, 6.07) is 1.51. The zero-order valence-electron chi connectivity index (χ0n) is 9.43. The van der Waals surface area contributed by atoms with Gasteiger partial charge in [-0.25, -0.2) is 4.98 Å². The second kappa shape index (κ2) is 5.41. The number of aryl methyl sites for hydroxylation is 1. The van der Waals surface area contributed by atoms with E-state index in [9.17, 15) is 10.1 Å². The SMILES string of the molecule is CCC(CN)Nc1ncc(C)cc1[N+](=O)[O-]. The van der Waals surface area contributed by atoms with Crippen LogP contribution in [0.3, 0.4) is 0 Å². The third-order valence-electron chi connectivity index (χ3n) is 2.32. The van der Waals surface area contributed by atoms with Crippen LogP contribution >= 0.6 is 0 Å². The molecule has 1 rings (SSSR count). The molecule has 0 radical (unpaired) electrons. The summed E-state index contributed by atoms with van der Waals surface area (Å²) in [5.41, 5.74) is 6.28. The Morgan fingerprint density at radius 2 is 2.38 bits per heavy atom. The molecule has 6 heteroatoms. The zero-order valence-corrected chi connectivity index (χ0v) is 9.43. The van der Waals surface area contributed by atoms with Gasteiger partial charge in [0.15, 0.2) is 0 Å². The first-order valence-electron chi connectivity index (χ1n) is 5.16. The fourth-order valence-electron chi connectivity index (χ4n) is 1.33. The fourth-order valence-corrected chi connectivity index (χ4v) is 1.33. The van der Waals surface area contributed by atoms with Gasteiger partial charge in [0.2, 0.25) is 5.82 Å². The Labute approximate surface area is 94.0 Å². The summed E-state index contributed by atoms with van der Waals surface area (Å²) in [5.74, 6) is 0.285. The highest BCUT2D eigenvalue weighted by atomic mass is 16.6. The van der Waals surface area contributed by atoms with Crippen LogP contribution in [-0.2, 0) is 0 Å². The number of hydrogen-bond donors (Lipinski definition) is 2. The Morgan fingerprint density at radius 1 is 1.69 bits per heavy atom. The highest BCUT2D eigenvalue weighted by Gasteiger charge is 2.17. The van der Waals surface area contributed by atoms with Crippen molar-refractivity contribution in [3.05, 3.63) is 27.9 Å². The van der Waals surface area contributed by atoms with Crippen LogP contribution in [0.15, 0.2) is 12.3 Å². The lowest BCUT2D eigenvalue weighted by Crippen LogP contribution is -2.28. The minimum absolute atomic E-state index is 0.00750. The smallest absolute Gasteiger partial charge is 0.311 e. The molecular formula is C10H16N4O2. The van der Waals surface area contributed by atoms with Gasteiger partial charge in [0.1, 0.15) is 0 Å². The highest BCUT2D eigenvalue weighted by molar-refractivity contribution is 5.57. The molecule has 1 aromatic rings. The molecule has 88 valence electrons. The number of aromatic nitrogens is 1. The molecule has 3 N–H and O–H groups in total. The minimum atomic E-state index is -0.439. The predicted octanol–water partition coefficient (Wildman–Crippen LogP) is 1.45. The molecular weight excluding hydrogens is 208 g/mol. The summed E-state index contributed by atoms with van der Waals surface area (Å²) < 4.78 is 0. The van der Waals surface area contributed by atoms with Crippen LogP contribution in [0, 0.1) is 17.0 Å². The van der Waals surface area contributed by atoms with E-state index in [4.69, 9.17) is 5.73 Å². The van der Waals surface area contributed by atoms with Gasteiger partial charge in [0.25, 0.3) is 0 Å². The Kier molecular flexibility index (Phi) is 4.19. The van der Waals surface area contributed by atoms with Gasteiger partial charge in [-0.3, -0.25) is 10.1 Å². The van der Waals surface area contributed by atoms with Crippen molar-refractivity contribution < 1.29 is 4.92 Å². The predicted molar refractivity (Wildman–Crippen MR) is 62.4 cm³/mol. The van der Waals surface area contributed by atoms with Gasteiger partial charge in [0.05, 0.1) is 4.92 Å². The average Bonchev–Trinajstić information content (AvgIpc) is 2.27. The summed E-state index contributed by atoms with van der Waals surface area (Å²) in [7, 11) is 0. The Morgan fingerprint density at radius 3 is 2.88 bits per heavy atom. The number of anilines is 1. The molecule has 0 aliphatic rings. The van der Waals surface area contributed by atoms with Crippen LogP contribution in [0.4, 0.5) is 11.5 Å². The van der Waals surface area contributed by atoms with Gasteiger partial charge < -0.3 is 11.1 Å². The molecule has 16 heavy (non-hydrogen) atoms. The average molecular weight is 224 g/mol. The van der Waals surface area contributed by atoms with E-state index in [1.54, 1.807) is 13.1 Å². The van der Waals surface area contributed by atoms with Crippen molar-refractivity contribution in [1.29, 1.82) is 0 Å². The molecule has 0 aliphatic heterocycles. The van der Waals surface area contributed by atoms with Crippen molar-refractivity contribution in [3.63, 3.8) is 0 Å². The molecule has 6 nitrogen and oxygen atoms in total. The van der Waals surface area contributed by atoms with Gasteiger partial charge in [0, 0.05) is 24.8 Å². The quantitative estimate of drug-likeness (QED) is 0.583. The molecule has 0 saturated carbocycles. The lowest BCUT2D eigenvalue weighted by molar-refractivity contribution is -0.384. The molecule has 0 saturated heterocycles. The minimum Gasteiger partial charge on any atom is -0.360 e. The second-order valence-electron chi connectivity index (χ2n) is 3.62. The molecule has 1 aromatic heterocycles. The monoisotopic (exact) mass is 224 g/mol. The second-order valence-corrected chi connectivity index (χ2v) is 3.62. The highest BCUT2D eigenvalue weighted by Crippen LogP contribution is 2.23. The van der Waals surface area contributed by atoms with Crippen molar-refractivity contribution in [2.75, 3.05) is 11.9 Å². The lowest BCUT2D eigenvalue weighted by Gasteiger charge is -2.15. The maximum absolute atomic E-state index is 10.8. The number of pyridine rings is 1. The summed E-state index contributed by atoms with van der Waals surface area (Å²) in [5, 5.41) is 13.8. The Balaban J connectivity index is 2.98. The van der Waals surface area contributed by atoms with Crippen LogP contribution in [0.2, 0.25) is 0 Å². The number of nitrogens with one attached hydrogen (secondary N) is 1. The molecule has 1 heterocycles. The van der Waals surface area contributed by atoms with Gasteiger partial charge in [-0.2, -0.15) is 0 Å². The van der Waals surface area contributed by atoms with Crippen LogP contribution < -0.4 is 11.1 Å². The Bertz CT molecular complexity index is 377. The van der Waals surface area contributed by atoms with Crippen molar-refractivity contribution in [2.24, 2.45) is 5.73 Å². The number of nitro groups is 1. The fraction of sp³-hybridized carbons (Fsp3) is 0.500. The normalized spacial score (nSPS) is 12.2. The summed E-state index contributed by atoms with van der Waals surface area (Å²) in [6.45, 7) is 4.15. The van der Waals surface area contributed by atoms with Crippen molar-refractivity contribution >= 4 is 11.5 Å². The van der Waals surface area contributed by atoms with E-state index >= 15 is 0 Å². The summed E-state index contributed by atoms with van der Waals surface area (Å²) in [6.07, 6.45) is 2.39. The molecule has 0 spiro atoms. The van der Waals surface area contributed by atoms with Crippen LogP contribution in [0.5, 0.6) is 0 Å². The summed E-state index contributed by atoms with van der Waals surface area (Å²) >= 11 is 0. The molecule has 0 aromatic carbocycles. The standard InChI is InChI=1S/C10H16N4O2/c1-3-8(5-11)13-10-9(14(15)16)4-7(2)6-12-10/h4,6,8H,3,5,11H2,1-2H3,(H,12,13). The number of nitrogens with zero attached hydrogens (tertiary/aromatic N) is 2. The van der Waals surface area contributed by atoms with Gasteiger partial charge in [-0.15, -0.1) is 0 Å². The number of rotatable bonds is 5. The van der Waals surface area contributed by atoms with Crippen molar-refractivity contribution in [1.82, 2.24) is 4.98 Å². The van der Waals surface area contributed by atoms with Gasteiger partial charge in [-0.1, -0.05) is 6.92 Å². The first kappa shape index (κ1) is 12.4. The van der Waals surface area contributed by atoms with E-state index in [2.05, 4.69) is 10.3 Å². The molecule has 0 aliphatic carbocycles. The Hall–Kier alpha value is -1.69. The van der Waals surface area contributed by atoms with E-state index in [1.165, 1.54) is 6.07 Å². The van der Waals surface area contributed by atoms with E-state index < -0.39 is 4.92 Å². The molecule has 0 bridgehead atoms. The molecule has 1 atom stereocenters. The van der Waals surface area contributed by atoms with E-state index in [0.717, 1.165) is 12.0 Å². The largest absolute Gasteiger partial charge is 0.360 e. The van der Waals surface area contributed by atoms with Crippen molar-refractivity contribution in [2.45, 2.75) is 26.3 Å². The lowest BCUT2D eigenvalue weighted by atomic mass is 10.2. The first-order chi connectivity index (χ1) is 7.58. The number of nitrogens with two attached hydrogens (primary N) is 1. The molecule has 1 unspecified atom stereocenters. The topological polar surface area (TPSA) is 94.1 Å². The first-order valence-corrected chi connectivity index (χ1v) is 5.16. The van der Waals surface area contributed by atoms with Gasteiger partial charge in [-0.05, 0) is 18.9 Å². The van der Waals surface area contributed by atoms with Gasteiger partial charge >= 0.3 is 5.69 Å². The van der Waals surface area contributed by atoms with E-state index in [0.29, 0.717) is 6.54 Å². The third-order valence-corrected chi connectivity index (χ3v) is 2.32. The van der Waals surface area contributed by atoms with E-state index in [-0.39, 0.29) is 17.5 Å². The number of hydrogen-bond acceptors (Lipinski definition) is 5. The molecule has 0 amide bonds. The van der Waals surface area contributed by atoms with Crippen molar-refractivity contribution in [3.8, 4) is 0 Å². The maximum atomic E-state index is 10.8. The van der Waals surface area contributed by atoms with Crippen LogP contribution in [-0.4, -0.2) is 22.5 Å². The zero-order chi connectivity index (χ0) is 12.1. The van der Waals surface area contributed by atoms with E-state index in [1.807, 2.05) is 6.92 Å². The third kappa shape index (κ3) is 2.90. The van der Waals surface area contributed by atoms with Crippen LogP contribution in [0.1, 0.15) is 18.9 Å². The molecule has 0 fully saturated rings. The summed E-state index contributed by atoms with van der Waals surface area (Å²) in [4.78, 5) is 14.4. The maximum Gasteiger partial charge on any atom is 0.311 e. The van der Waals surface area contributed by atoms with Crippen LogP contribution in [0.25, 0.3) is 0 Å².